The summed E-state index contributed by atoms with van der Waals surface area (Å²) in [5.41, 5.74) is 7.58. The molecular formula is C19H22F2N4O3. The number of imide groups is 1. The molecule has 3 heterocycles. The van der Waals surface area contributed by atoms with Gasteiger partial charge in [-0.3, -0.25) is 24.6 Å². The summed E-state index contributed by atoms with van der Waals surface area (Å²) in [5.74, 6) is -4.65. The maximum Gasteiger partial charge on any atom is 0.265 e. The van der Waals surface area contributed by atoms with E-state index in [0.29, 0.717) is 18.5 Å². The van der Waals surface area contributed by atoms with Crippen molar-refractivity contribution in [3.8, 4) is 0 Å². The lowest BCUT2D eigenvalue weighted by Gasteiger charge is -2.29. The van der Waals surface area contributed by atoms with Gasteiger partial charge in [-0.2, -0.15) is 0 Å². The predicted molar refractivity (Wildman–Crippen MR) is 95.3 cm³/mol. The zero-order chi connectivity index (χ0) is 20.1. The van der Waals surface area contributed by atoms with Crippen molar-refractivity contribution in [2.75, 3.05) is 19.6 Å². The molecule has 3 N–H and O–H groups in total. The van der Waals surface area contributed by atoms with E-state index in [1.807, 2.05) is 6.07 Å². The van der Waals surface area contributed by atoms with Crippen molar-refractivity contribution in [3.05, 3.63) is 34.9 Å². The van der Waals surface area contributed by atoms with Crippen LogP contribution in [0.15, 0.2) is 18.2 Å². The molecule has 4 rings (SSSR count). The van der Waals surface area contributed by atoms with Crippen LogP contribution in [0.3, 0.4) is 0 Å². The number of fused-ring (bicyclic) bond motifs is 1. The first kappa shape index (κ1) is 18.9. The highest BCUT2D eigenvalue weighted by Gasteiger charge is 2.47. The monoisotopic (exact) mass is 392 g/mol. The maximum atomic E-state index is 13.9. The number of nitrogens with two attached hydrogens (primary N) is 1. The molecule has 9 heteroatoms. The van der Waals surface area contributed by atoms with Crippen molar-refractivity contribution < 1.29 is 23.2 Å². The van der Waals surface area contributed by atoms with E-state index >= 15 is 0 Å². The first-order valence-electron chi connectivity index (χ1n) is 9.35. The Balaban J connectivity index is 1.47. The van der Waals surface area contributed by atoms with Gasteiger partial charge in [0.25, 0.3) is 11.8 Å². The number of carbonyl (C=O) groups excluding carboxylic acids is 3. The van der Waals surface area contributed by atoms with E-state index in [1.54, 1.807) is 17.0 Å². The number of hydrogen-bond donors (Lipinski definition) is 2. The van der Waals surface area contributed by atoms with Crippen LogP contribution in [-0.2, 0) is 22.7 Å². The molecule has 2 fully saturated rings. The number of alkyl halides is 2. The summed E-state index contributed by atoms with van der Waals surface area (Å²) in [7, 11) is 0. The number of rotatable bonds is 4. The van der Waals surface area contributed by atoms with Crippen LogP contribution in [0, 0.1) is 5.92 Å². The van der Waals surface area contributed by atoms with E-state index < -0.39 is 23.8 Å². The van der Waals surface area contributed by atoms with Crippen LogP contribution in [0.5, 0.6) is 0 Å². The van der Waals surface area contributed by atoms with Gasteiger partial charge in [-0.25, -0.2) is 8.78 Å². The van der Waals surface area contributed by atoms with Crippen molar-refractivity contribution in [2.24, 2.45) is 11.7 Å². The molecule has 0 radical (unpaired) electrons. The molecule has 0 saturated carbocycles. The van der Waals surface area contributed by atoms with Crippen LogP contribution >= 0.6 is 0 Å². The van der Waals surface area contributed by atoms with Crippen molar-refractivity contribution in [1.82, 2.24) is 15.1 Å². The third-order valence-corrected chi connectivity index (χ3v) is 5.79. The summed E-state index contributed by atoms with van der Waals surface area (Å²) in [6, 6.07) is 4.63. The topological polar surface area (TPSA) is 95.7 Å². The highest BCUT2D eigenvalue weighted by molar-refractivity contribution is 6.05. The van der Waals surface area contributed by atoms with Crippen LogP contribution in [0.1, 0.15) is 34.3 Å². The van der Waals surface area contributed by atoms with Crippen LogP contribution in [0.4, 0.5) is 8.78 Å². The lowest BCUT2D eigenvalue weighted by Crippen LogP contribution is -2.52. The molecule has 0 spiro atoms. The van der Waals surface area contributed by atoms with Gasteiger partial charge in [0.2, 0.25) is 11.8 Å². The SMILES string of the molecule is NCC1CN(Cc2ccc3c(c2)CN(C2CCC(=O)NC2=O)C3=O)CC1(F)F. The minimum absolute atomic E-state index is 0.0525. The van der Waals surface area contributed by atoms with Crippen LogP contribution < -0.4 is 11.1 Å². The van der Waals surface area contributed by atoms with Gasteiger partial charge < -0.3 is 10.6 Å². The number of amides is 3. The Morgan fingerprint density at radius 2 is 2.04 bits per heavy atom. The molecule has 2 atom stereocenters. The molecule has 1 aromatic carbocycles. The summed E-state index contributed by atoms with van der Waals surface area (Å²) in [5, 5.41) is 2.27. The number of nitrogens with zero attached hydrogens (tertiary/aromatic N) is 2. The molecule has 0 bridgehead atoms. The quantitative estimate of drug-likeness (QED) is 0.727. The van der Waals surface area contributed by atoms with Gasteiger partial charge in [0.15, 0.2) is 0 Å². The Bertz CT molecular complexity index is 844. The van der Waals surface area contributed by atoms with Gasteiger partial charge in [0.05, 0.1) is 6.54 Å². The predicted octanol–water partition coefficient (Wildman–Crippen LogP) is 0.473. The van der Waals surface area contributed by atoms with Gasteiger partial charge in [-0.1, -0.05) is 12.1 Å². The van der Waals surface area contributed by atoms with E-state index in [-0.39, 0.29) is 44.4 Å². The second-order valence-corrected chi connectivity index (χ2v) is 7.75. The second kappa shape index (κ2) is 6.89. The van der Waals surface area contributed by atoms with E-state index in [4.69, 9.17) is 5.73 Å². The number of nitrogens with one attached hydrogen (secondary N) is 1. The van der Waals surface area contributed by atoms with Gasteiger partial charge in [-0.05, 0) is 23.6 Å². The van der Waals surface area contributed by atoms with Gasteiger partial charge in [0, 0.05) is 44.1 Å². The summed E-state index contributed by atoms with van der Waals surface area (Å²) in [6.45, 7) is 0.486. The minimum Gasteiger partial charge on any atom is -0.330 e. The molecule has 1 aromatic rings. The molecule has 7 nitrogen and oxygen atoms in total. The van der Waals surface area contributed by atoms with E-state index in [2.05, 4.69) is 5.32 Å². The van der Waals surface area contributed by atoms with E-state index in [0.717, 1.165) is 11.1 Å². The van der Waals surface area contributed by atoms with Crippen LogP contribution in [-0.4, -0.2) is 59.1 Å². The molecule has 3 amide bonds. The van der Waals surface area contributed by atoms with Gasteiger partial charge >= 0.3 is 0 Å². The standard InChI is InChI=1S/C19H22F2N4O3/c20-19(21)10-24(9-13(19)6-22)7-11-1-2-14-12(5-11)8-25(18(14)28)15-3-4-16(26)23-17(15)27/h1-2,5,13,15H,3-4,6-10,22H2,(H,23,26,27). The number of carbonyl (C=O) groups is 3. The number of hydrogen-bond acceptors (Lipinski definition) is 5. The fourth-order valence-corrected chi connectivity index (χ4v) is 4.29. The summed E-state index contributed by atoms with van der Waals surface area (Å²) >= 11 is 0. The summed E-state index contributed by atoms with van der Waals surface area (Å²) < 4.78 is 27.8. The fourth-order valence-electron chi connectivity index (χ4n) is 4.29. The number of piperidine rings is 1. The Kier molecular flexibility index (Phi) is 4.67. The average Bonchev–Trinajstić information content (AvgIpc) is 3.10. The Morgan fingerprint density at radius 1 is 1.25 bits per heavy atom. The molecule has 0 aliphatic carbocycles. The van der Waals surface area contributed by atoms with Gasteiger partial charge in [-0.15, -0.1) is 0 Å². The molecule has 2 saturated heterocycles. The summed E-state index contributed by atoms with van der Waals surface area (Å²) in [4.78, 5) is 39.3. The summed E-state index contributed by atoms with van der Waals surface area (Å²) in [6.07, 6.45) is 0.508. The van der Waals surface area contributed by atoms with Gasteiger partial charge in [0.1, 0.15) is 6.04 Å². The average molecular weight is 392 g/mol. The Labute approximate surface area is 160 Å². The number of benzene rings is 1. The fraction of sp³-hybridized carbons (Fsp3) is 0.526. The number of halogens is 2. The van der Waals surface area contributed by atoms with Crippen LogP contribution in [0.25, 0.3) is 0 Å². The lowest BCUT2D eigenvalue weighted by atomic mass is 10.0. The van der Waals surface area contributed by atoms with Crippen molar-refractivity contribution in [1.29, 1.82) is 0 Å². The molecule has 150 valence electrons. The third-order valence-electron chi connectivity index (χ3n) is 5.79. The van der Waals surface area contributed by atoms with Crippen molar-refractivity contribution in [3.63, 3.8) is 0 Å². The minimum atomic E-state index is -2.79. The second-order valence-electron chi connectivity index (χ2n) is 7.75. The van der Waals surface area contributed by atoms with Crippen molar-refractivity contribution in [2.45, 2.75) is 37.9 Å². The Morgan fingerprint density at radius 3 is 2.71 bits per heavy atom. The Hall–Kier alpha value is -2.39. The third kappa shape index (κ3) is 3.29. The molecule has 3 aliphatic rings. The molecular weight excluding hydrogens is 370 g/mol. The molecule has 0 aromatic heterocycles. The first-order valence-corrected chi connectivity index (χ1v) is 9.35. The molecule has 3 aliphatic heterocycles. The lowest BCUT2D eigenvalue weighted by molar-refractivity contribution is -0.136. The molecule has 28 heavy (non-hydrogen) atoms. The normalized spacial score (nSPS) is 27.2. The van der Waals surface area contributed by atoms with E-state index in [9.17, 15) is 23.2 Å². The van der Waals surface area contributed by atoms with Crippen LogP contribution in [0.2, 0.25) is 0 Å². The number of likely N-dealkylation sites (tertiary alicyclic amines) is 1. The smallest absolute Gasteiger partial charge is 0.265 e. The first-order chi connectivity index (χ1) is 13.3. The zero-order valence-corrected chi connectivity index (χ0v) is 15.3. The molecule has 2 unspecified atom stereocenters. The van der Waals surface area contributed by atoms with Crippen molar-refractivity contribution >= 4 is 17.7 Å². The highest BCUT2D eigenvalue weighted by atomic mass is 19.3. The highest BCUT2D eigenvalue weighted by Crippen LogP contribution is 2.34. The largest absolute Gasteiger partial charge is 0.330 e. The zero-order valence-electron chi connectivity index (χ0n) is 15.3. The maximum absolute atomic E-state index is 13.9. The van der Waals surface area contributed by atoms with E-state index in [1.165, 1.54) is 4.90 Å².